The van der Waals surface area contributed by atoms with Gasteiger partial charge < -0.3 is 5.32 Å². The number of nitrogens with one attached hydrogen (secondary N) is 1. The van der Waals surface area contributed by atoms with E-state index in [4.69, 9.17) is 0 Å². The second-order valence-electron chi connectivity index (χ2n) is 5.61. The summed E-state index contributed by atoms with van der Waals surface area (Å²) < 4.78 is 17.8. The zero-order valence-corrected chi connectivity index (χ0v) is 13.2. The van der Waals surface area contributed by atoms with E-state index >= 15 is 0 Å². The largest absolute Gasteiger partial charge is 0.340 e. The lowest BCUT2D eigenvalue weighted by Gasteiger charge is -2.09. The molecule has 0 bridgehead atoms. The first kappa shape index (κ1) is 14.4. The van der Waals surface area contributed by atoms with Gasteiger partial charge >= 0.3 is 0 Å². The van der Waals surface area contributed by atoms with Crippen molar-refractivity contribution in [1.82, 2.24) is 24.4 Å². The summed E-state index contributed by atoms with van der Waals surface area (Å²) in [5, 5.41) is 11.6. The number of hydrogen-bond acceptors (Lipinski definition) is 4. The molecule has 0 saturated heterocycles. The van der Waals surface area contributed by atoms with E-state index in [2.05, 4.69) is 20.5 Å². The van der Waals surface area contributed by atoms with Crippen LogP contribution in [0.2, 0.25) is 0 Å². The van der Waals surface area contributed by atoms with Gasteiger partial charge in [-0.15, -0.1) is 0 Å². The first-order valence-electron chi connectivity index (χ1n) is 7.47. The molecule has 4 rings (SSSR count). The van der Waals surface area contributed by atoms with Crippen molar-refractivity contribution in [2.24, 2.45) is 7.05 Å². The number of anilines is 2. The van der Waals surface area contributed by atoms with Gasteiger partial charge in [-0.1, -0.05) is 0 Å². The van der Waals surface area contributed by atoms with E-state index in [0.29, 0.717) is 11.3 Å². The standard InChI is InChI=1S/C17H15FN6/c1-11-7-17-19-6-5-16(24(17)22-11)21-13-3-4-14(15(18)8-13)12-9-20-23(2)10-12/h3-10,21H,1-2H3. The maximum absolute atomic E-state index is 14.5. The molecule has 0 saturated carbocycles. The smallest absolute Gasteiger partial charge is 0.157 e. The number of rotatable bonds is 3. The Kier molecular flexibility index (Phi) is 3.26. The van der Waals surface area contributed by atoms with Crippen molar-refractivity contribution >= 4 is 17.2 Å². The molecule has 6 nitrogen and oxygen atoms in total. The van der Waals surface area contributed by atoms with Crippen LogP contribution in [-0.2, 0) is 7.05 Å². The number of fused-ring (bicyclic) bond motifs is 1. The van der Waals surface area contributed by atoms with E-state index in [0.717, 1.165) is 22.7 Å². The van der Waals surface area contributed by atoms with Crippen molar-refractivity contribution in [3.8, 4) is 11.1 Å². The Balaban J connectivity index is 1.68. The first-order valence-corrected chi connectivity index (χ1v) is 7.47. The second kappa shape index (κ2) is 5.45. The van der Waals surface area contributed by atoms with Crippen LogP contribution in [0.25, 0.3) is 16.8 Å². The van der Waals surface area contributed by atoms with E-state index in [1.807, 2.05) is 19.1 Å². The summed E-state index contributed by atoms with van der Waals surface area (Å²) in [7, 11) is 1.80. The lowest BCUT2D eigenvalue weighted by molar-refractivity contribution is 0.632. The van der Waals surface area contributed by atoms with Gasteiger partial charge in [0.05, 0.1) is 11.9 Å². The highest BCUT2D eigenvalue weighted by Crippen LogP contribution is 2.26. The number of hydrogen-bond donors (Lipinski definition) is 1. The van der Waals surface area contributed by atoms with Crippen LogP contribution in [-0.4, -0.2) is 24.4 Å². The van der Waals surface area contributed by atoms with Gasteiger partial charge in [0.25, 0.3) is 0 Å². The molecule has 0 aliphatic rings. The van der Waals surface area contributed by atoms with Gasteiger partial charge in [-0.2, -0.15) is 14.7 Å². The van der Waals surface area contributed by atoms with Crippen molar-refractivity contribution in [2.75, 3.05) is 5.32 Å². The van der Waals surface area contributed by atoms with Crippen LogP contribution in [0.3, 0.4) is 0 Å². The Morgan fingerprint density at radius 3 is 2.79 bits per heavy atom. The van der Waals surface area contributed by atoms with E-state index in [9.17, 15) is 4.39 Å². The number of nitrogens with zero attached hydrogens (tertiary/aromatic N) is 5. The molecule has 7 heteroatoms. The molecule has 1 aromatic carbocycles. The number of aromatic nitrogens is 5. The molecule has 4 aromatic rings. The SMILES string of the molecule is Cc1cc2nccc(Nc3ccc(-c4cnn(C)c4)c(F)c3)n2n1. The van der Waals surface area contributed by atoms with Gasteiger partial charge in [-0.25, -0.2) is 9.37 Å². The summed E-state index contributed by atoms with van der Waals surface area (Å²) in [6, 6.07) is 8.71. The molecular weight excluding hydrogens is 307 g/mol. The average molecular weight is 322 g/mol. The molecule has 0 fully saturated rings. The summed E-state index contributed by atoms with van der Waals surface area (Å²) >= 11 is 0. The van der Waals surface area contributed by atoms with Gasteiger partial charge in [-0.05, 0) is 31.2 Å². The van der Waals surface area contributed by atoms with Crippen molar-refractivity contribution in [3.05, 3.63) is 60.4 Å². The highest BCUT2D eigenvalue weighted by molar-refractivity contribution is 5.68. The van der Waals surface area contributed by atoms with Gasteiger partial charge in [0.1, 0.15) is 11.6 Å². The molecular formula is C17H15FN6. The summed E-state index contributed by atoms with van der Waals surface area (Å²) in [6.45, 7) is 1.90. The fraction of sp³-hybridized carbons (Fsp3) is 0.118. The van der Waals surface area contributed by atoms with E-state index in [1.54, 1.807) is 47.0 Å². The Bertz CT molecular complexity index is 1030. The third kappa shape index (κ3) is 2.50. The monoisotopic (exact) mass is 322 g/mol. The Hall–Kier alpha value is -3.22. The van der Waals surface area contributed by atoms with Gasteiger partial charge in [0, 0.05) is 42.3 Å². The molecule has 0 radical (unpaired) electrons. The molecule has 0 aliphatic heterocycles. The molecule has 0 aliphatic carbocycles. The summed E-state index contributed by atoms with van der Waals surface area (Å²) in [4.78, 5) is 4.26. The molecule has 24 heavy (non-hydrogen) atoms. The topological polar surface area (TPSA) is 60.0 Å². The van der Waals surface area contributed by atoms with E-state index < -0.39 is 0 Å². The summed E-state index contributed by atoms with van der Waals surface area (Å²) in [5.74, 6) is 0.413. The molecule has 3 heterocycles. The molecule has 0 amide bonds. The van der Waals surface area contributed by atoms with E-state index in [-0.39, 0.29) is 5.82 Å². The van der Waals surface area contributed by atoms with Gasteiger partial charge in [0.15, 0.2) is 5.65 Å². The minimum atomic E-state index is -0.310. The lowest BCUT2D eigenvalue weighted by atomic mass is 10.1. The lowest BCUT2D eigenvalue weighted by Crippen LogP contribution is -2.01. The van der Waals surface area contributed by atoms with Crippen LogP contribution in [0.15, 0.2) is 48.9 Å². The zero-order valence-electron chi connectivity index (χ0n) is 13.2. The highest BCUT2D eigenvalue weighted by Gasteiger charge is 2.10. The van der Waals surface area contributed by atoms with Crippen molar-refractivity contribution in [1.29, 1.82) is 0 Å². The van der Waals surface area contributed by atoms with Crippen LogP contribution in [0.1, 0.15) is 5.69 Å². The van der Waals surface area contributed by atoms with Crippen LogP contribution in [0.4, 0.5) is 15.9 Å². The Labute approximate surface area is 137 Å². The summed E-state index contributed by atoms with van der Waals surface area (Å²) in [6.07, 6.45) is 5.12. The maximum Gasteiger partial charge on any atom is 0.157 e. The zero-order chi connectivity index (χ0) is 16.7. The Morgan fingerprint density at radius 2 is 2.04 bits per heavy atom. The minimum Gasteiger partial charge on any atom is -0.340 e. The van der Waals surface area contributed by atoms with Crippen LogP contribution in [0.5, 0.6) is 0 Å². The first-order chi connectivity index (χ1) is 11.6. The quantitative estimate of drug-likeness (QED) is 0.628. The number of halogens is 1. The third-order valence-electron chi connectivity index (χ3n) is 3.74. The molecule has 0 atom stereocenters. The predicted octanol–water partition coefficient (Wildman–Crippen LogP) is 3.32. The van der Waals surface area contributed by atoms with Crippen molar-refractivity contribution in [2.45, 2.75) is 6.92 Å². The second-order valence-corrected chi connectivity index (χ2v) is 5.61. The van der Waals surface area contributed by atoms with Crippen LogP contribution < -0.4 is 5.32 Å². The maximum atomic E-state index is 14.5. The highest BCUT2D eigenvalue weighted by atomic mass is 19.1. The van der Waals surface area contributed by atoms with Crippen LogP contribution in [0, 0.1) is 12.7 Å². The number of benzene rings is 1. The van der Waals surface area contributed by atoms with Crippen molar-refractivity contribution in [3.63, 3.8) is 0 Å². The molecule has 3 aromatic heterocycles. The fourth-order valence-electron chi connectivity index (χ4n) is 2.64. The van der Waals surface area contributed by atoms with Gasteiger partial charge in [0.2, 0.25) is 0 Å². The fourth-order valence-corrected chi connectivity index (χ4v) is 2.64. The molecule has 0 unspecified atom stereocenters. The van der Waals surface area contributed by atoms with E-state index in [1.165, 1.54) is 6.07 Å². The normalized spacial score (nSPS) is 11.1. The van der Waals surface area contributed by atoms with Crippen molar-refractivity contribution < 1.29 is 4.39 Å². The van der Waals surface area contributed by atoms with Gasteiger partial charge in [-0.3, -0.25) is 4.68 Å². The van der Waals surface area contributed by atoms with Crippen LogP contribution >= 0.6 is 0 Å². The average Bonchev–Trinajstić information content (AvgIpc) is 3.13. The predicted molar refractivity (Wildman–Crippen MR) is 89.6 cm³/mol. The summed E-state index contributed by atoms with van der Waals surface area (Å²) in [5.41, 5.74) is 3.51. The Morgan fingerprint density at radius 1 is 1.17 bits per heavy atom. The minimum absolute atomic E-state index is 0.310. The third-order valence-corrected chi connectivity index (χ3v) is 3.74. The molecule has 0 spiro atoms. The molecule has 1 N–H and O–H groups in total. The molecule has 120 valence electrons. The number of aryl methyl sites for hydroxylation is 2.